The second kappa shape index (κ2) is 10.2. The molecule has 2 N–H and O–H groups in total. The van der Waals surface area contributed by atoms with Crippen molar-refractivity contribution in [1.29, 1.82) is 0 Å². The van der Waals surface area contributed by atoms with Crippen molar-refractivity contribution in [3.05, 3.63) is 57.7 Å². The first kappa shape index (κ1) is 21.0. The third-order valence-corrected chi connectivity index (χ3v) is 5.71. The van der Waals surface area contributed by atoms with E-state index in [0.717, 1.165) is 16.4 Å². The number of nitrogens with zero attached hydrogens (tertiary/aromatic N) is 2. The molecule has 2 heterocycles. The Labute approximate surface area is 175 Å². The predicted octanol–water partition coefficient (Wildman–Crippen LogP) is 2.09. The molecular weight excluding hydrogens is 412 g/mol. The van der Waals surface area contributed by atoms with E-state index in [1.165, 1.54) is 11.3 Å². The van der Waals surface area contributed by atoms with Gasteiger partial charge in [0, 0.05) is 25.8 Å². The molecule has 3 aromatic rings. The fourth-order valence-electron chi connectivity index (χ4n) is 2.47. The summed E-state index contributed by atoms with van der Waals surface area (Å²) in [4.78, 5) is 41.9. The quantitative estimate of drug-likeness (QED) is 0.305. The highest BCUT2D eigenvalue weighted by Gasteiger charge is 2.16. The molecule has 0 saturated heterocycles. The van der Waals surface area contributed by atoms with Crippen molar-refractivity contribution in [2.24, 2.45) is 0 Å². The first-order chi connectivity index (χ1) is 14.1. The highest BCUT2D eigenvalue weighted by molar-refractivity contribution is 7.99. The molecule has 0 unspecified atom stereocenters. The Balaban J connectivity index is 1.78. The summed E-state index contributed by atoms with van der Waals surface area (Å²) in [6.07, 6.45) is 0.712. The molecule has 0 spiro atoms. The third kappa shape index (κ3) is 5.43. The number of rotatable bonds is 9. The van der Waals surface area contributed by atoms with Crippen molar-refractivity contribution in [3.63, 3.8) is 0 Å². The van der Waals surface area contributed by atoms with Crippen molar-refractivity contribution in [1.82, 2.24) is 15.0 Å². The number of amides is 2. The maximum absolute atomic E-state index is 12.9. The van der Waals surface area contributed by atoms with E-state index in [0.29, 0.717) is 35.4 Å². The number of hydrogen-bond acceptors (Lipinski definition) is 7. The van der Waals surface area contributed by atoms with Crippen LogP contribution in [0.5, 0.6) is 0 Å². The van der Waals surface area contributed by atoms with Crippen molar-refractivity contribution >= 4 is 45.1 Å². The van der Waals surface area contributed by atoms with E-state index in [1.807, 2.05) is 0 Å². The van der Waals surface area contributed by atoms with Gasteiger partial charge >= 0.3 is 0 Å². The summed E-state index contributed by atoms with van der Waals surface area (Å²) in [5.74, 6) is -0.556. The van der Waals surface area contributed by atoms with Gasteiger partial charge in [0.25, 0.3) is 11.5 Å². The topological polar surface area (TPSA) is 102 Å². The number of hydrogen-bond donors (Lipinski definition) is 2. The van der Waals surface area contributed by atoms with Gasteiger partial charge in [-0.3, -0.25) is 19.8 Å². The molecule has 3 rings (SSSR count). The standard InChI is InChI=1S/C19H20N4O4S2/c1-27-10-5-9-20-15(24)12-29-19-21-14-8-11-28-16(14)18(26)23(19)22-17(25)13-6-3-2-4-7-13/h2-4,6-8,11H,5,9-10,12H2,1H3,(H,20,24)(H,22,25). The normalized spacial score (nSPS) is 10.8. The molecule has 2 amide bonds. The van der Waals surface area contributed by atoms with Gasteiger partial charge in [0.1, 0.15) is 4.70 Å². The average Bonchev–Trinajstić information content (AvgIpc) is 3.21. The second-order valence-electron chi connectivity index (χ2n) is 5.96. The molecule has 1 aromatic carbocycles. The number of fused-ring (bicyclic) bond motifs is 1. The van der Waals surface area contributed by atoms with Gasteiger partial charge in [-0.05, 0) is 30.0 Å². The van der Waals surface area contributed by atoms with Gasteiger partial charge in [-0.1, -0.05) is 30.0 Å². The highest BCUT2D eigenvalue weighted by Crippen LogP contribution is 2.20. The van der Waals surface area contributed by atoms with Gasteiger partial charge in [-0.15, -0.1) is 11.3 Å². The molecule has 0 aliphatic heterocycles. The van der Waals surface area contributed by atoms with Crippen LogP contribution in [0.15, 0.2) is 51.7 Å². The molecule has 0 bridgehead atoms. The van der Waals surface area contributed by atoms with Crippen molar-refractivity contribution in [3.8, 4) is 0 Å². The van der Waals surface area contributed by atoms with Gasteiger partial charge in [0.2, 0.25) is 5.91 Å². The number of carbonyl (C=O) groups is 2. The van der Waals surface area contributed by atoms with Crippen LogP contribution in [0.25, 0.3) is 10.2 Å². The summed E-state index contributed by atoms with van der Waals surface area (Å²) in [5.41, 5.74) is 3.17. The smallest absolute Gasteiger partial charge is 0.291 e. The van der Waals surface area contributed by atoms with Crippen LogP contribution in [0.2, 0.25) is 0 Å². The first-order valence-corrected chi connectivity index (χ1v) is 10.7. The molecule has 8 nitrogen and oxygen atoms in total. The number of ether oxygens (including phenoxy) is 1. The van der Waals surface area contributed by atoms with Gasteiger partial charge in [0.05, 0.1) is 11.3 Å². The Morgan fingerprint density at radius 3 is 2.79 bits per heavy atom. The van der Waals surface area contributed by atoms with E-state index in [1.54, 1.807) is 48.9 Å². The number of thiophene rings is 1. The van der Waals surface area contributed by atoms with E-state index in [9.17, 15) is 14.4 Å². The van der Waals surface area contributed by atoms with Crippen LogP contribution in [-0.4, -0.2) is 47.5 Å². The Hall–Kier alpha value is -2.69. The Kier molecular flexibility index (Phi) is 7.39. The molecule has 0 atom stereocenters. The van der Waals surface area contributed by atoms with Crippen molar-refractivity contribution < 1.29 is 14.3 Å². The van der Waals surface area contributed by atoms with Crippen LogP contribution >= 0.6 is 23.1 Å². The van der Waals surface area contributed by atoms with Gasteiger partial charge < -0.3 is 10.1 Å². The molecule has 2 aromatic heterocycles. The molecule has 0 aliphatic carbocycles. The molecule has 0 saturated carbocycles. The number of nitrogens with one attached hydrogen (secondary N) is 2. The number of carbonyl (C=O) groups excluding carboxylic acids is 2. The third-order valence-electron chi connectivity index (χ3n) is 3.88. The molecule has 0 fully saturated rings. The van der Waals surface area contributed by atoms with E-state index in [2.05, 4.69) is 15.7 Å². The van der Waals surface area contributed by atoms with Crippen molar-refractivity contribution in [2.45, 2.75) is 11.6 Å². The van der Waals surface area contributed by atoms with Gasteiger partial charge in [-0.2, -0.15) is 4.68 Å². The fraction of sp³-hybridized carbons (Fsp3) is 0.263. The summed E-state index contributed by atoms with van der Waals surface area (Å²) in [6, 6.07) is 10.3. The molecule has 0 radical (unpaired) electrons. The van der Waals surface area contributed by atoms with Crippen LogP contribution in [0.3, 0.4) is 0 Å². The molecule has 29 heavy (non-hydrogen) atoms. The maximum atomic E-state index is 12.9. The SMILES string of the molecule is COCCCNC(=O)CSc1nc2ccsc2c(=O)n1NC(=O)c1ccccc1. The minimum absolute atomic E-state index is 0.0657. The summed E-state index contributed by atoms with van der Waals surface area (Å²) in [5, 5.41) is 4.79. The first-order valence-electron chi connectivity index (χ1n) is 8.85. The lowest BCUT2D eigenvalue weighted by molar-refractivity contribution is -0.118. The highest BCUT2D eigenvalue weighted by atomic mass is 32.2. The lowest BCUT2D eigenvalue weighted by Crippen LogP contribution is -2.35. The van der Waals surface area contributed by atoms with Crippen LogP contribution < -0.4 is 16.3 Å². The number of thioether (sulfide) groups is 1. The lowest BCUT2D eigenvalue weighted by atomic mass is 10.2. The predicted molar refractivity (Wildman–Crippen MR) is 114 cm³/mol. The van der Waals surface area contributed by atoms with Crippen LogP contribution in [0.1, 0.15) is 16.8 Å². The van der Waals surface area contributed by atoms with Crippen molar-refractivity contribution in [2.75, 3.05) is 31.4 Å². The summed E-state index contributed by atoms with van der Waals surface area (Å²) < 4.78 is 6.49. The minimum atomic E-state index is -0.434. The van der Waals surface area contributed by atoms with E-state index in [-0.39, 0.29) is 22.4 Å². The molecule has 10 heteroatoms. The van der Waals surface area contributed by atoms with E-state index in [4.69, 9.17) is 4.74 Å². The maximum Gasteiger partial charge on any atom is 0.291 e. The zero-order valence-corrected chi connectivity index (χ0v) is 17.3. The van der Waals surface area contributed by atoms with Gasteiger partial charge in [0.15, 0.2) is 5.16 Å². The zero-order valence-electron chi connectivity index (χ0n) is 15.7. The zero-order chi connectivity index (χ0) is 20.6. The van der Waals surface area contributed by atoms with Crippen LogP contribution in [-0.2, 0) is 9.53 Å². The minimum Gasteiger partial charge on any atom is -0.385 e. The molecule has 152 valence electrons. The van der Waals surface area contributed by atoms with Crippen LogP contribution in [0.4, 0.5) is 0 Å². The van der Waals surface area contributed by atoms with E-state index >= 15 is 0 Å². The fourth-order valence-corrected chi connectivity index (χ4v) is 4.01. The lowest BCUT2D eigenvalue weighted by Gasteiger charge is -2.13. The summed E-state index contributed by atoms with van der Waals surface area (Å²) in [7, 11) is 1.60. The number of methoxy groups -OCH3 is 1. The Morgan fingerprint density at radius 1 is 1.24 bits per heavy atom. The van der Waals surface area contributed by atoms with E-state index < -0.39 is 5.91 Å². The van der Waals surface area contributed by atoms with Gasteiger partial charge in [-0.25, -0.2) is 4.98 Å². The summed E-state index contributed by atoms with van der Waals surface area (Å²) in [6.45, 7) is 1.07. The average molecular weight is 433 g/mol. The molecular formula is C19H20N4O4S2. The second-order valence-corrected chi connectivity index (χ2v) is 7.82. The Morgan fingerprint density at radius 2 is 2.03 bits per heavy atom. The largest absolute Gasteiger partial charge is 0.385 e. The Bertz CT molecular complexity index is 1050. The monoisotopic (exact) mass is 432 g/mol. The summed E-state index contributed by atoms with van der Waals surface area (Å²) >= 11 is 2.34. The number of aromatic nitrogens is 2. The molecule has 0 aliphatic rings. The van der Waals surface area contributed by atoms with Crippen LogP contribution in [0, 0.1) is 0 Å². The number of benzene rings is 1.